The number of benzene rings is 1. The molecule has 0 bridgehead atoms. The first kappa shape index (κ1) is 10.4. The Labute approximate surface area is 106 Å². The largest absolute Gasteiger partial charge is 0.351 e. The van der Waals surface area contributed by atoms with E-state index in [1.807, 2.05) is 30.3 Å². The third-order valence-electron chi connectivity index (χ3n) is 2.36. The Morgan fingerprint density at radius 3 is 2.76 bits per heavy atom. The van der Waals surface area contributed by atoms with Crippen LogP contribution >= 0.6 is 23.8 Å². The zero-order valence-electron chi connectivity index (χ0n) is 8.48. The highest BCUT2D eigenvalue weighted by Gasteiger charge is 2.13. The van der Waals surface area contributed by atoms with Crippen molar-refractivity contribution >= 4 is 34.9 Å². The molecule has 0 radical (unpaired) electrons. The highest BCUT2D eigenvalue weighted by Crippen LogP contribution is 2.27. The Bertz CT molecular complexity index is 735. The molecule has 2 heterocycles. The van der Waals surface area contributed by atoms with Crippen molar-refractivity contribution in [1.29, 1.82) is 0 Å². The van der Waals surface area contributed by atoms with Gasteiger partial charge in [0.15, 0.2) is 4.64 Å². The average Bonchev–Trinajstić information content (AvgIpc) is 2.74. The number of nitrogens with one attached hydrogen (secondary N) is 1. The van der Waals surface area contributed by atoms with Crippen LogP contribution in [0.3, 0.4) is 0 Å². The monoisotopic (exact) mass is 263 g/mol. The molecule has 0 amide bonds. The standard InChI is InChI=1S/C11H6ClN3OS/c12-11-13-8-7(6-4-2-1-3-5-6)15-16-9(8)10(17)14-11/h1-5H,(H,13,14,17). The fourth-order valence-electron chi connectivity index (χ4n) is 1.62. The first-order valence-corrected chi connectivity index (χ1v) is 5.65. The first-order valence-electron chi connectivity index (χ1n) is 4.86. The van der Waals surface area contributed by atoms with Gasteiger partial charge in [-0.1, -0.05) is 47.7 Å². The van der Waals surface area contributed by atoms with Gasteiger partial charge in [0, 0.05) is 5.56 Å². The lowest BCUT2D eigenvalue weighted by Gasteiger charge is -1.96. The summed E-state index contributed by atoms with van der Waals surface area (Å²) in [6, 6.07) is 9.65. The van der Waals surface area contributed by atoms with E-state index >= 15 is 0 Å². The molecular formula is C11H6ClN3OS. The molecule has 1 aromatic carbocycles. The number of fused-ring (bicyclic) bond motifs is 1. The summed E-state index contributed by atoms with van der Waals surface area (Å²) in [5.74, 6) is 0. The van der Waals surface area contributed by atoms with Gasteiger partial charge in [0.25, 0.3) is 0 Å². The maximum atomic E-state index is 5.84. The Balaban J connectivity index is 2.36. The maximum absolute atomic E-state index is 5.84. The SMILES string of the molecule is S=c1nc(Cl)[nH]c2c(-c3ccccc3)noc12. The van der Waals surface area contributed by atoms with Crippen LogP contribution in [0.5, 0.6) is 0 Å². The number of halogens is 1. The summed E-state index contributed by atoms with van der Waals surface area (Å²) in [4.78, 5) is 6.81. The molecule has 84 valence electrons. The van der Waals surface area contributed by atoms with E-state index in [2.05, 4.69) is 15.1 Å². The van der Waals surface area contributed by atoms with Crippen LogP contribution in [0, 0.1) is 4.64 Å². The van der Waals surface area contributed by atoms with Crippen molar-refractivity contribution in [1.82, 2.24) is 15.1 Å². The van der Waals surface area contributed by atoms with E-state index in [4.69, 9.17) is 28.3 Å². The van der Waals surface area contributed by atoms with E-state index in [1.165, 1.54) is 0 Å². The molecule has 0 aliphatic rings. The number of rotatable bonds is 1. The van der Waals surface area contributed by atoms with Crippen LogP contribution in [0.15, 0.2) is 34.9 Å². The minimum Gasteiger partial charge on any atom is -0.351 e. The average molecular weight is 264 g/mol. The maximum Gasteiger partial charge on any atom is 0.220 e. The fraction of sp³-hybridized carbons (Fsp3) is 0. The van der Waals surface area contributed by atoms with Crippen molar-refractivity contribution < 1.29 is 4.52 Å². The Kier molecular flexibility index (Phi) is 2.42. The van der Waals surface area contributed by atoms with E-state index in [1.54, 1.807) is 0 Å². The molecular weight excluding hydrogens is 258 g/mol. The van der Waals surface area contributed by atoms with Crippen molar-refractivity contribution in [3.8, 4) is 11.3 Å². The van der Waals surface area contributed by atoms with Crippen LogP contribution in [-0.4, -0.2) is 15.1 Å². The summed E-state index contributed by atoms with van der Waals surface area (Å²) in [5, 5.41) is 4.22. The van der Waals surface area contributed by atoms with Gasteiger partial charge >= 0.3 is 0 Å². The first-order chi connectivity index (χ1) is 8.25. The third-order valence-corrected chi connectivity index (χ3v) is 2.82. The quantitative estimate of drug-likeness (QED) is 0.538. The van der Waals surface area contributed by atoms with Gasteiger partial charge in [0.2, 0.25) is 10.9 Å². The summed E-state index contributed by atoms with van der Waals surface area (Å²) >= 11 is 10.9. The third kappa shape index (κ3) is 1.73. The number of H-pyrrole nitrogens is 1. The predicted molar refractivity (Wildman–Crippen MR) is 67.4 cm³/mol. The number of aromatic amines is 1. The van der Waals surface area contributed by atoms with Gasteiger partial charge in [0.1, 0.15) is 11.2 Å². The number of nitrogens with zero attached hydrogens (tertiary/aromatic N) is 2. The zero-order chi connectivity index (χ0) is 11.8. The molecule has 2 aromatic heterocycles. The number of hydrogen-bond acceptors (Lipinski definition) is 4. The lowest BCUT2D eigenvalue weighted by molar-refractivity contribution is 0.457. The molecule has 0 saturated heterocycles. The highest BCUT2D eigenvalue weighted by atomic mass is 35.5. The molecule has 6 heteroatoms. The van der Waals surface area contributed by atoms with Crippen molar-refractivity contribution in [3.05, 3.63) is 40.3 Å². The molecule has 0 atom stereocenters. The number of hydrogen-bond donors (Lipinski definition) is 1. The Morgan fingerprint density at radius 2 is 2.00 bits per heavy atom. The van der Waals surface area contributed by atoms with Gasteiger partial charge < -0.3 is 9.51 Å². The minimum atomic E-state index is 0.225. The van der Waals surface area contributed by atoms with E-state index in [9.17, 15) is 0 Å². The van der Waals surface area contributed by atoms with Crippen molar-refractivity contribution in [3.63, 3.8) is 0 Å². The smallest absolute Gasteiger partial charge is 0.220 e. The van der Waals surface area contributed by atoms with Crippen LogP contribution in [0.25, 0.3) is 22.4 Å². The summed E-state index contributed by atoms with van der Waals surface area (Å²) in [7, 11) is 0. The zero-order valence-corrected chi connectivity index (χ0v) is 10.0. The summed E-state index contributed by atoms with van der Waals surface area (Å²) in [6.07, 6.45) is 0. The Morgan fingerprint density at radius 1 is 1.24 bits per heavy atom. The second-order valence-electron chi connectivity index (χ2n) is 3.43. The van der Waals surface area contributed by atoms with Crippen LogP contribution in [0.1, 0.15) is 0 Å². The molecule has 3 rings (SSSR count). The molecule has 0 aliphatic carbocycles. The van der Waals surface area contributed by atoms with E-state index in [-0.39, 0.29) is 5.28 Å². The molecule has 0 spiro atoms. The lowest BCUT2D eigenvalue weighted by Crippen LogP contribution is -1.85. The van der Waals surface area contributed by atoms with Gasteiger partial charge in [0.05, 0.1) is 0 Å². The molecule has 1 N–H and O–H groups in total. The van der Waals surface area contributed by atoms with Crippen molar-refractivity contribution in [2.24, 2.45) is 0 Å². The molecule has 0 unspecified atom stereocenters. The number of aromatic nitrogens is 3. The van der Waals surface area contributed by atoms with Crippen LogP contribution in [-0.2, 0) is 0 Å². The van der Waals surface area contributed by atoms with E-state index in [0.717, 1.165) is 5.56 Å². The lowest BCUT2D eigenvalue weighted by atomic mass is 10.1. The summed E-state index contributed by atoms with van der Waals surface area (Å²) in [6.45, 7) is 0. The van der Waals surface area contributed by atoms with Gasteiger partial charge in [-0.3, -0.25) is 0 Å². The van der Waals surface area contributed by atoms with E-state index in [0.29, 0.717) is 21.4 Å². The van der Waals surface area contributed by atoms with Crippen LogP contribution in [0.4, 0.5) is 0 Å². The molecule has 17 heavy (non-hydrogen) atoms. The van der Waals surface area contributed by atoms with Gasteiger partial charge in [-0.15, -0.1) is 0 Å². The van der Waals surface area contributed by atoms with E-state index < -0.39 is 0 Å². The molecule has 0 fully saturated rings. The fourth-order valence-corrected chi connectivity index (χ4v) is 2.08. The highest BCUT2D eigenvalue weighted by molar-refractivity contribution is 7.71. The summed E-state index contributed by atoms with van der Waals surface area (Å²) < 4.78 is 5.49. The minimum absolute atomic E-state index is 0.225. The van der Waals surface area contributed by atoms with Gasteiger partial charge in [-0.2, -0.15) is 0 Å². The predicted octanol–water partition coefficient (Wildman–Crippen LogP) is 3.60. The van der Waals surface area contributed by atoms with Crippen LogP contribution in [0.2, 0.25) is 5.28 Å². The second-order valence-corrected chi connectivity index (χ2v) is 4.18. The molecule has 0 aliphatic heterocycles. The van der Waals surface area contributed by atoms with Gasteiger partial charge in [-0.25, -0.2) is 4.98 Å². The normalized spacial score (nSPS) is 10.9. The summed E-state index contributed by atoms with van der Waals surface area (Å²) in [5.41, 5.74) is 2.72. The van der Waals surface area contributed by atoms with Crippen molar-refractivity contribution in [2.75, 3.05) is 0 Å². The molecule has 4 nitrogen and oxygen atoms in total. The molecule has 3 aromatic rings. The van der Waals surface area contributed by atoms with Crippen LogP contribution < -0.4 is 0 Å². The van der Waals surface area contributed by atoms with Gasteiger partial charge in [-0.05, 0) is 11.6 Å². The second kappa shape index (κ2) is 3.94. The Hall–Kier alpha value is -1.72. The van der Waals surface area contributed by atoms with Crippen molar-refractivity contribution in [2.45, 2.75) is 0 Å². The topological polar surface area (TPSA) is 54.7 Å². The molecule has 0 saturated carbocycles.